The van der Waals surface area contributed by atoms with Gasteiger partial charge in [0.15, 0.2) is 0 Å². The zero-order valence-corrected chi connectivity index (χ0v) is 12.9. The van der Waals surface area contributed by atoms with E-state index in [1.807, 2.05) is 48.0 Å². The largest absolute Gasteiger partial charge is 0.460 e. The van der Waals surface area contributed by atoms with Crippen LogP contribution in [0.15, 0.2) is 36.4 Å². The fourth-order valence-corrected chi connectivity index (χ4v) is 3.25. The van der Waals surface area contributed by atoms with Gasteiger partial charge in [0, 0.05) is 5.39 Å². The average molecular weight is 321 g/mol. The topological polar surface area (TPSA) is 44.1 Å². The van der Waals surface area contributed by atoms with E-state index in [2.05, 4.69) is 5.10 Å². The van der Waals surface area contributed by atoms with Crippen molar-refractivity contribution in [2.24, 2.45) is 0 Å². The van der Waals surface area contributed by atoms with E-state index in [1.165, 1.54) is 11.3 Å². The lowest BCUT2D eigenvalue weighted by Crippen LogP contribution is -2.05. The molecule has 108 valence electrons. The molecule has 0 saturated heterocycles. The van der Waals surface area contributed by atoms with E-state index in [0.717, 1.165) is 21.6 Å². The molecule has 0 unspecified atom stereocenters. The third-order valence-corrected chi connectivity index (χ3v) is 4.30. The molecular formula is C15H13ClN2O2S. The van der Waals surface area contributed by atoms with Crippen LogP contribution < -0.4 is 0 Å². The van der Waals surface area contributed by atoms with E-state index < -0.39 is 0 Å². The molecule has 0 fully saturated rings. The Morgan fingerprint density at radius 1 is 1.38 bits per heavy atom. The third-order valence-electron chi connectivity index (χ3n) is 3.06. The Morgan fingerprint density at radius 2 is 2.14 bits per heavy atom. The highest BCUT2D eigenvalue weighted by Crippen LogP contribution is 2.30. The van der Waals surface area contributed by atoms with E-state index >= 15 is 0 Å². The maximum atomic E-state index is 11.9. The van der Waals surface area contributed by atoms with Crippen LogP contribution in [0.1, 0.15) is 15.4 Å². The quantitative estimate of drug-likeness (QED) is 0.542. The highest BCUT2D eigenvalue weighted by Gasteiger charge is 2.17. The molecular weight excluding hydrogens is 308 g/mol. The highest BCUT2D eigenvalue weighted by molar-refractivity contribution is 7.20. The number of nitrogens with zero attached hydrogens (tertiary/aromatic N) is 2. The van der Waals surface area contributed by atoms with Crippen LogP contribution in [0.5, 0.6) is 0 Å². The number of rotatable bonds is 4. The average Bonchev–Trinajstić information content (AvgIpc) is 3.07. The van der Waals surface area contributed by atoms with Crippen LogP contribution in [0.3, 0.4) is 0 Å². The third kappa shape index (κ3) is 2.66. The normalized spacial score (nSPS) is 11.0. The minimum atomic E-state index is -0.337. The van der Waals surface area contributed by atoms with Gasteiger partial charge in [0.05, 0.1) is 17.3 Å². The summed E-state index contributed by atoms with van der Waals surface area (Å²) in [6.45, 7) is 2.15. The molecule has 0 aliphatic carbocycles. The Bertz CT molecular complexity index is 780. The number of thiophene rings is 1. The summed E-state index contributed by atoms with van der Waals surface area (Å²) in [4.78, 5) is 13.4. The molecule has 2 heterocycles. The molecule has 1 aromatic carbocycles. The first-order valence-electron chi connectivity index (χ1n) is 6.48. The van der Waals surface area contributed by atoms with Crippen molar-refractivity contribution in [3.63, 3.8) is 0 Å². The summed E-state index contributed by atoms with van der Waals surface area (Å²) in [6, 6.07) is 11.7. The number of benzene rings is 1. The van der Waals surface area contributed by atoms with E-state index in [-0.39, 0.29) is 12.6 Å². The molecule has 0 saturated carbocycles. The lowest BCUT2D eigenvalue weighted by molar-refractivity contribution is 0.0535. The molecule has 0 bridgehead atoms. The van der Waals surface area contributed by atoms with Gasteiger partial charge in [0.1, 0.15) is 16.3 Å². The van der Waals surface area contributed by atoms with E-state index in [0.29, 0.717) is 10.8 Å². The number of carbonyl (C=O) groups is 1. The lowest BCUT2D eigenvalue weighted by atomic mass is 10.3. The van der Waals surface area contributed by atoms with Gasteiger partial charge in [-0.05, 0) is 25.1 Å². The molecule has 0 radical (unpaired) electrons. The summed E-state index contributed by atoms with van der Waals surface area (Å²) in [5.74, 6) is -0.0381. The van der Waals surface area contributed by atoms with Gasteiger partial charge in [0.25, 0.3) is 0 Å². The van der Waals surface area contributed by atoms with E-state index in [1.54, 1.807) is 0 Å². The van der Waals surface area contributed by atoms with Gasteiger partial charge < -0.3 is 4.74 Å². The molecule has 3 aromatic rings. The summed E-state index contributed by atoms with van der Waals surface area (Å²) in [7, 11) is 0. The van der Waals surface area contributed by atoms with Crippen LogP contribution >= 0.6 is 22.9 Å². The molecule has 0 atom stereocenters. The monoisotopic (exact) mass is 320 g/mol. The first kappa shape index (κ1) is 14.1. The van der Waals surface area contributed by atoms with Crippen LogP contribution in [0.2, 0.25) is 0 Å². The second kappa shape index (κ2) is 5.87. The zero-order chi connectivity index (χ0) is 14.8. The Morgan fingerprint density at radius 3 is 2.86 bits per heavy atom. The maximum Gasteiger partial charge on any atom is 0.348 e. The summed E-state index contributed by atoms with van der Waals surface area (Å²) >= 11 is 6.91. The van der Waals surface area contributed by atoms with Gasteiger partial charge >= 0.3 is 5.97 Å². The van der Waals surface area contributed by atoms with Crippen LogP contribution in [0, 0.1) is 6.92 Å². The van der Waals surface area contributed by atoms with Crippen molar-refractivity contribution in [3.8, 4) is 5.69 Å². The molecule has 0 aliphatic heterocycles. The maximum absolute atomic E-state index is 11.9. The second-order valence-electron chi connectivity index (χ2n) is 4.49. The summed E-state index contributed by atoms with van der Waals surface area (Å²) in [5, 5.41) is 5.51. The number of fused-ring (bicyclic) bond motifs is 1. The summed E-state index contributed by atoms with van der Waals surface area (Å²) in [6.07, 6.45) is 0. The van der Waals surface area contributed by atoms with Crippen molar-refractivity contribution in [3.05, 3.63) is 47.0 Å². The van der Waals surface area contributed by atoms with Gasteiger partial charge in [-0.25, -0.2) is 9.48 Å². The number of alkyl halides is 1. The second-order valence-corrected chi connectivity index (χ2v) is 5.90. The molecule has 21 heavy (non-hydrogen) atoms. The molecule has 6 heteroatoms. The van der Waals surface area contributed by atoms with Gasteiger partial charge in [-0.3, -0.25) is 0 Å². The van der Waals surface area contributed by atoms with Crippen LogP contribution in [0.4, 0.5) is 0 Å². The molecule has 0 aliphatic rings. The van der Waals surface area contributed by atoms with E-state index in [9.17, 15) is 4.79 Å². The first-order chi connectivity index (χ1) is 10.2. The molecule has 0 spiro atoms. The standard InChI is InChI=1S/C15H13ClN2O2S/c1-10-12-9-13(15(19)20-8-7-16)21-14(12)18(17-10)11-5-3-2-4-6-11/h2-6,9H,7-8H2,1H3. The number of aromatic nitrogens is 2. The van der Waals surface area contributed by atoms with Crippen molar-refractivity contribution < 1.29 is 9.53 Å². The molecule has 0 amide bonds. The van der Waals surface area contributed by atoms with Crippen LogP contribution in [0.25, 0.3) is 15.9 Å². The van der Waals surface area contributed by atoms with Crippen molar-refractivity contribution >= 4 is 39.1 Å². The van der Waals surface area contributed by atoms with Crippen molar-refractivity contribution in [2.75, 3.05) is 12.5 Å². The number of carbonyl (C=O) groups excluding carboxylic acids is 1. The fourth-order valence-electron chi connectivity index (χ4n) is 2.09. The molecule has 2 aromatic heterocycles. The van der Waals surface area contributed by atoms with Gasteiger partial charge in [-0.2, -0.15) is 5.10 Å². The first-order valence-corrected chi connectivity index (χ1v) is 7.83. The number of aryl methyl sites for hydroxylation is 1. The Hall–Kier alpha value is -1.85. The number of esters is 1. The number of ether oxygens (including phenoxy) is 1. The predicted molar refractivity (Wildman–Crippen MR) is 84.7 cm³/mol. The minimum Gasteiger partial charge on any atom is -0.460 e. The lowest BCUT2D eigenvalue weighted by Gasteiger charge is -2.01. The number of para-hydroxylation sites is 1. The van der Waals surface area contributed by atoms with Crippen LogP contribution in [-0.4, -0.2) is 28.2 Å². The molecule has 3 rings (SSSR count). The molecule has 0 N–H and O–H groups in total. The van der Waals surface area contributed by atoms with Crippen molar-refractivity contribution in [1.29, 1.82) is 0 Å². The highest BCUT2D eigenvalue weighted by atomic mass is 35.5. The van der Waals surface area contributed by atoms with Crippen molar-refractivity contribution in [1.82, 2.24) is 9.78 Å². The zero-order valence-electron chi connectivity index (χ0n) is 11.4. The van der Waals surface area contributed by atoms with Gasteiger partial charge in [-0.1, -0.05) is 18.2 Å². The number of hydrogen-bond acceptors (Lipinski definition) is 4. The minimum absolute atomic E-state index is 0.221. The Labute approximate surface area is 130 Å². The number of halogens is 1. The summed E-state index contributed by atoms with van der Waals surface area (Å²) in [5.41, 5.74) is 1.86. The van der Waals surface area contributed by atoms with E-state index in [4.69, 9.17) is 16.3 Å². The number of hydrogen-bond donors (Lipinski definition) is 0. The summed E-state index contributed by atoms with van der Waals surface area (Å²) < 4.78 is 6.93. The van der Waals surface area contributed by atoms with Gasteiger partial charge in [0.2, 0.25) is 0 Å². The van der Waals surface area contributed by atoms with Crippen molar-refractivity contribution in [2.45, 2.75) is 6.92 Å². The Kier molecular flexibility index (Phi) is 3.94. The predicted octanol–water partition coefficient (Wildman–Crippen LogP) is 3.79. The Balaban J connectivity index is 2.04. The van der Waals surface area contributed by atoms with Crippen LogP contribution in [-0.2, 0) is 4.74 Å². The fraction of sp³-hybridized carbons (Fsp3) is 0.200. The van der Waals surface area contributed by atoms with Gasteiger partial charge in [-0.15, -0.1) is 22.9 Å². The smallest absolute Gasteiger partial charge is 0.348 e. The SMILES string of the molecule is Cc1nn(-c2ccccc2)c2sc(C(=O)OCCCl)cc12. The molecule has 4 nitrogen and oxygen atoms in total.